The predicted octanol–water partition coefficient (Wildman–Crippen LogP) is 6.20. The third kappa shape index (κ3) is 8.40. The SMILES string of the molecule is CC[C@@H](C(=O)NC(C)(C)C)N(Cc1ccc(Cl)c(Cl)c1)C(=O)CCSc1ccccc1. The Morgan fingerprint density at radius 2 is 1.74 bits per heavy atom. The third-order valence-corrected chi connectivity index (χ3v) is 6.30. The Balaban J connectivity index is 2.19. The number of rotatable bonds is 9. The molecule has 0 heterocycles. The van der Waals surface area contributed by atoms with Crippen LogP contribution >= 0.6 is 35.0 Å². The molecule has 0 saturated heterocycles. The van der Waals surface area contributed by atoms with Gasteiger partial charge in [0.2, 0.25) is 11.8 Å². The molecular weight excluding hydrogens is 451 g/mol. The number of thioether (sulfide) groups is 1. The van der Waals surface area contributed by atoms with Crippen molar-refractivity contribution in [1.82, 2.24) is 10.2 Å². The second kappa shape index (κ2) is 11.8. The Morgan fingerprint density at radius 3 is 2.32 bits per heavy atom. The lowest BCUT2D eigenvalue weighted by Crippen LogP contribution is -2.53. The van der Waals surface area contributed by atoms with Crippen LogP contribution in [0.3, 0.4) is 0 Å². The summed E-state index contributed by atoms with van der Waals surface area (Å²) in [6.45, 7) is 8.00. The van der Waals surface area contributed by atoms with Gasteiger partial charge in [-0.3, -0.25) is 9.59 Å². The number of carbonyl (C=O) groups is 2. The number of benzene rings is 2. The number of nitrogens with one attached hydrogen (secondary N) is 1. The number of hydrogen-bond acceptors (Lipinski definition) is 3. The van der Waals surface area contributed by atoms with Crippen molar-refractivity contribution >= 4 is 46.8 Å². The fraction of sp³-hybridized carbons (Fsp3) is 0.417. The molecule has 0 saturated carbocycles. The van der Waals surface area contributed by atoms with Gasteiger partial charge in [-0.15, -0.1) is 11.8 Å². The second-order valence-electron chi connectivity index (χ2n) is 8.34. The zero-order chi connectivity index (χ0) is 23.0. The van der Waals surface area contributed by atoms with E-state index in [0.29, 0.717) is 35.2 Å². The van der Waals surface area contributed by atoms with Crippen LogP contribution in [0.4, 0.5) is 0 Å². The maximum atomic E-state index is 13.2. The van der Waals surface area contributed by atoms with Crippen molar-refractivity contribution in [3.8, 4) is 0 Å². The van der Waals surface area contributed by atoms with E-state index < -0.39 is 6.04 Å². The average molecular weight is 481 g/mol. The summed E-state index contributed by atoms with van der Waals surface area (Å²) in [6.07, 6.45) is 0.848. The first-order valence-corrected chi connectivity index (χ1v) is 12.1. The molecule has 31 heavy (non-hydrogen) atoms. The van der Waals surface area contributed by atoms with Crippen molar-refractivity contribution in [3.63, 3.8) is 0 Å². The first-order valence-electron chi connectivity index (χ1n) is 10.3. The topological polar surface area (TPSA) is 49.4 Å². The molecule has 0 spiro atoms. The first-order chi connectivity index (χ1) is 14.6. The van der Waals surface area contributed by atoms with E-state index in [9.17, 15) is 9.59 Å². The van der Waals surface area contributed by atoms with Crippen molar-refractivity contribution in [2.75, 3.05) is 5.75 Å². The number of nitrogens with zero attached hydrogens (tertiary/aromatic N) is 1. The minimum absolute atomic E-state index is 0.0644. The van der Waals surface area contributed by atoms with Gasteiger partial charge in [-0.1, -0.05) is 54.4 Å². The van der Waals surface area contributed by atoms with Crippen LogP contribution in [0.25, 0.3) is 0 Å². The second-order valence-corrected chi connectivity index (χ2v) is 10.3. The summed E-state index contributed by atoms with van der Waals surface area (Å²) in [5.74, 6) is 0.419. The highest BCUT2D eigenvalue weighted by molar-refractivity contribution is 7.99. The van der Waals surface area contributed by atoms with Gasteiger partial charge in [-0.2, -0.15) is 0 Å². The molecular formula is C24H30Cl2N2O2S. The van der Waals surface area contributed by atoms with E-state index in [1.807, 2.05) is 64.1 Å². The number of carbonyl (C=O) groups excluding carboxylic acids is 2. The normalized spacial score (nSPS) is 12.3. The van der Waals surface area contributed by atoms with Crippen molar-refractivity contribution in [1.29, 1.82) is 0 Å². The minimum Gasteiger partial charge on any atom is -0.350 e. The fourth-order valence-electron chi connectivity index (χ4n) is 3.12. The fourth-order valence-corrected chi connectivity index (χ4v) is 4.31. The van der Waals surface area contributed by atoms with Crippen LogP contribution in [-0.4, -0.2) is 34.0 Å². The highest BCUT2D eigenvalue weighted by Crippen LogP contribution is 2.25. The van der Waals surface area contributed by atoms with Crippen LogP contribution in [0.15, 0.2) is 53.4 Å². The minimum atomic E-state index is -0.567. The van der Waals surface area contributed by atoms with Crippen LogP contribution < -0.4 is 5.32 Å². The van der Waals surface area contributed by atoms with Gasteiger partial charge in [0, 0.05) is 29.2 Å². The zero-order valence-electron chi connectivity index (χ0n) is 18.5. The molecule has 1 N–H and O–H groups in total. The zero-order valence-corrected chi connectivity index (χ0v) is 20.8. The highest BCUT2D eigenvalue weighted by Gasteiger charge is 2.30. The van der Waals surface area contributed by atoms with Crippen molar-refractivity contribution in [3.05, 3.63) is 64.1 Å². The number of hydrogen-bond donors (Lipinski definition) is 1. The smallest absolute Gasteiger partial charge is 0.243 e. The van der Waals surface area contributed by atoms with Gasteiger partial charge in [0.05, 0.1) is 10.0 Å². The molecule has 2 rings (SSSR count). The molecule has 0 aliphatic carbocycles. The lowest BCUT2D eigenvalue weighted by molar-refractivity contribution is -0.141. The summed E-state index contributed by atoms with van der Waals surface area (Å²) < 4.78 is 0. The molecule has 2 aromatic rings. The van der Waals surface area contributed by atoms with Crippen LogP contribution in [0, 0.1) is 0 Å². The molecule has 0 radical (unpaired) electrons. The predicted molar refractivity (Wildman–Crippen MR) is 131 cm³/mol. The van der Waals surface area contributed by atoms with E-state index in [1.165, 1.54) is 0 Å². The summed E-state index contributed by atoms with van der Waals surface area (Å²) in [4.78, 5) is 29.0. The molecule has 168 valence electrons. The Bertz CT molecular complexity index is 885. The van der Waals surface area contributed by atoms with Gasteiger partial charge < -0.3 is 10.2 Å². The lowest BCUT2D eigenvalue weighted by atomic mass is 10.1. The summed E-state index contributed by atoms with van der Waals surface area (Å²) in [6, 6.07) is 14.7. The quantitative estimate of drug-likeness (QED) is 0.434. The molecule has 0 aliphatic heterocycles. The molecule has 0 fully saturated rings. The van der Waals surface area contributed by atoms with E-state index in [2.05, 4.69) is 5.32 Å². The molecule has 0 aromatic heterocycles. The van der Waals surface area contributed by atoms with E-state index >= 15 is 0 Å². The average Bonchev–Trinajstić information content (AvgIpc) is 2.70. The van der Waals surface area contributed by atoms with Crippen LogP contribution in [-0.2, 0) is 16.1 Å². The van der Waals surface area contributed by atoms with Crippen molar-refractivity contribution < 1.29 is 9.59 Å². The molecule has 4 nitrogen and oxygen atoms in total. The highest BCUT2D eigenvalue weighted by atomic mass is 35.5. The molecule has 0 aliphatic rings. The van der Waals surface area contributed by atoms with Crippen LogP contribution in [0.2, 0.25) is 10.0 Å². The van der Waals surface area contributed by atoms with Gasteiger partial charge >= 0.3 is 0 Å². The van der Waals surface area contributed by atoms with Crippen LogP contribution in [0.5, 0.6) is 0 Å². The number of amides is 2. The first kappa shape index (κ1) is 25.6. The van der Waals surface area contributed by atoms with Gasteiger partial charge in [0.15, 0.2) is 0 Å². The summed E-state index contributed by atoms with van der Waals surface area (Å²) in [7, 11) is 0. The molecule has 2 aromatic carbocycles. The van der Waals surface area contributed by atoms with Crippen molar-refractivity contribution in [2.45, 2.75) is 63.6 Å². The Labute approximate surface area is 199 Å². The van der Waals surface area contributed by atoms with E-state index in [1.54, 1.807) is 28.8 Å². The molecule has 0 unspecified atom stereocenters. The van der Waals surface area contributed by atoms with E-state index in [-0.39, 0.29) is 17.4 Å². The largest absolute Gasteiger partial charge is 0.350 e. The summed E-state index contributed by atoms with van der Waals surface area (Å²) in [5, 5.41) is 3.90. The van der Waals surface area contributed by atoms with Gasteiger partial charge in [0.1, 0.15) is 6.04 Å². The van der Waals surface area contributed by atoms with Gasteiger partial charge in [-0.05, 0) is 57.0 Å². The summed E-state index contributed by atoms with van der Waals surface area (Å²) in [5.41, 5.74) is 0.451. The van der Waals surface area contributed by atoms with Gasteiger partial charge in [-0.25, -0.2) is 0 Å². The van der Waals surface area contributed by atoms with E-state index in [4.69, 9.17) is 23.2 Å². The van der Waals surface area contributed by atoms with Crippen LogP contribution in [0.1, 0.15) is 46.1 Å². The summed E-state index contributed by atoms with van der Waals surface area (Å²) >= 11 is 13.8. The maximum absolute atomic E-state index is 13.2. The molecule has 2 amide bonds. The maximum Gasteiger partial charge on any atom is 0.243 e. The standard InChI is InChI=1S/C24H30Cl2N2O2S/c1-5-21(23(30)27-24(2,3)4)28(16-17-11-12-19(25)20(26)15-17)22(29)13-14-31-18-9-7-6-8-10-18/h6-12,15,21H,5,13-14,16H2,1-4H3,(H,27,30)/t21-/m0/s1. The molecule has 7 heteroatoms. The number of halogens is 2. The van der Waals surface area contributed by atoms with E-state index in [0.717, 1.165) is 10.5 Å². The van der Waals surface area contributed by atoms with Gasteiger partial charge in [0.25, 0.3) is 0 Å². The Morgan fingerprint density at radius 1 is 1.06 bits per heavy atom. The Kier molecular flexibility index (Phi) is 9.73. The Hall–Kier alpha value is -1.69. The molecule has 0 bridgehead atoms. The molecule has 1 atom stereocenters. The lowest BCUT2D eigenvalue weighted by Gasteiger charge is -2.33. The monoisotopic (exact) mass is 480 g/mol. The third-order valence-electron chi connectivity index (χ3n) is 4.55. The van der Waals surface area contributed by atoms with Crippen molar-refractivity contribution in [2.24, 2.45) is 0 Å².